The quantitative estimate of drug-likeness (QED) is 0.643. The van der Waals surface area contributed by atoms with E-state index in [9.17, 15) is 27.9 Å². The number of hydrogen-bond acceptors (Lipinski definition) is 5. The number of hydrogen-bond donors (Lipinski definition) is 2. The molecule has 2 heterocycles. The maximum Gasteiger partial charge on any atom is 0.416 e. The highest BCUT2D eigenvalue weighted by molar-refractivity contribution is 5.93. The number of carboxylic acids is 1. The fraction of sp³-hybridized carbons (Fsp3) is 0.409. The summed E-state index contributed by atoms with van der Waals surface area (Å²) in [5, 5.41) is 11.9. The molecular weight excluding hydrogens is 425 g/mol. The monoisotopic (exact) mass is 450 g/mol. The van der Waals surface area contributed by atoms with Crippen molar-refractivity contribution in [1.82, 2.24) is 14.8 Å². The standard InChI is InChI=1S/C22H25F3N4O3/c23-22(24,25)18-4-1-5-19(12-18)27-20(30)11-17(21(31)32)15-29-9-7-28(8-10-29)14-16-3-2-6-26-13-16/h1-6,12-13,17H,7-11,14-15H2,(H,27,30)(H,31,32)/t17-/m0/s1. The van der Waals surface area contributed by atoms with Crippen LogP contribution in [0.2, 0.25) is 0 Å². The summed E-state index contributed by atoms with van der Waals surface area (Å²) in [5.74, 6) is -2.69. The van der Waals surface area contributed by atoms with Gasteiger partial charge in [0.15, 0.2) is 0 Å². The highest BCUT2D eigenvalue weighted by atomic mass is 19.4. The van der Waals surface area contributed by atoms with Crippen LogP contribution >= 0.6 is 0 Å². The maximum atomic E-state index is 12.8. The zero-order valence-electron chi connectivity index (χ0n) is 17.4. The van der Waals surface area contributed by atoms with Gasteiger partial charge in [0, 0.05) is 63.8 Å². The van der Waals surface area contributed by atoms with Crippen molar-refractivity contribution in [3.63, 3.8) is 0 Å². The molecule has 0 aliphatic carbocycles. The number of nitrogens with zero attached hydrogens (tertiary/aromatic N) is 3. The SMILES string of the molecule is O=C(C[C@@H](CN1CCN(Cc2cccnc2)CC1)C(=O)O)Nc1cccc(C(F)(F)F)c1. The van der Waals surface area contributed by atoms with E-state index in [-0.39, 0.29) is 18.7 Å². The van der Waals surface area contributed by atoms with Gasteiger partial charge in [-0.3, -0.25) is 24.4 Å². The summed E-state index contributed by atoms with van der Waals surface area (Å²) in [6.45, 7) is 3.82. The number of halogens is 3. The maximum absolute atomic E-state index is 12.8. The number of amides is 1. The highest BCUT2D eigenvalue weighted by Gasteiger charge is 2.31. The molecule has 2 aromatic rings. The molecule has 1 saturated heterocycles. The first-order valence-electron chi connectivity index (χ1n) is 10.2. The summed E-state index contributed by atoms with van der Waals surface area (Å²) in [6.07, 6.45) is -1.31. The molecule has 0 bridgehead atoms. The highest BCUT2D eigenvalue weighted by Crippen LogP contribution is 2.30. The van der Waals surface area contributed by atoms with Crippen molar-refractivity contribution in [2.75, 3.05) is 38.0 Å². The van der Waals surface area contributed by atoms with E-state index in [0.29, 0.717) is 13.1 Å². The lowest BCUT2D eigenvalue weighted by Gasteiger charge is -2.35. The predicted molar refractivity (Wildman–Crippen MR) is 112 cm³/mol. The number of carbonyl (C=O) groups is 2. The molecule has 1 atom stereocenters. The Labute approximate surface area is 183 Å². The second-order valence-corrected chi connectivity index (χ2v) is 7.80. The number of benzene rings is 1. The molecule has 0 spiro atoms. The molecule has 0 unspecified atom stereocenters. The van der Waals surface area contributed by atoms with E-state index in [1.165, 1.54) is 12.1 Å². The lowest BCUT2D eigenvalue weighted by Crippen LogP contribution is -2.48. The minimum absolute atomic E-state index is 0.0158. The third-order valence-corrected chi connectivity index (χ3v) is 5.33. The van der Waals surface area contributed by atoms with E-state index in [1.807, 2.05) is 23.2 Å². The molecule has 1 fully saturated rings. The second kappa shape index (κ2) is 10.6. The number of aromatic nitrogens is 1. The number of alkyl halides is 3. The van der Waals surface area contributed by atoms with Gasteiger partial charge < -0.3 is 10.4 Å². The van der Waals surface area contributed by atoms with Crippen molar-refractivity contribution in [1.29, 1.82) is 0 Å². The van der Waals surface area contributed by atoms with E-state index in [4.69, 9.17) is 0 Å². The fourth-order valence-electron chi connectivity index (χ4n) is 3.63. The molecule has 1 aromatic heterocycles. The topological polar surface area (TPSA) is 85.8 Å². The number of carboxylic acid groups (broad SMARTS) is 1. The first-order valence-corrected chi connectivity index (χ1v) is 10.2. The van der Waals surface area contributed by atoms with Crippen LogP contribution in [0.15, 0.2) is 48.8 Å². The average Bonchev–Trinajstić information content (AvgIpc) is 2.75. The minimum atomic E-state index is -4.52. The Morgan fingerprint density at radius 2 is 1.81 bits per heavy atom. The lowest BCUT2D eigenvalue weighted by atomic mass is 10.0. The first-order chi connectivity index (χ1) is 15.2. The van der Waals surface area contributed by atoms with Gasteiger partial charge in [0.1, 0.15) is 0 Å². The third-order valence-electron chi connectivity index (χ3n) is 5.33. The van der Waals surface area contributed by atoms with Crippen LogP contribution in [-0.2, 0) is 22.3 Å². The van der Waals surface area contributed by atoms with E-state index in [2.05, 4.69) is 15.2 Å². The molecule has 1 aliphatic rings. The number of anilines is 1. The minimum Gasteiger partial charge on any atom is -0.481 e. The van der Waals surface area contributed by atoms with Gasteiger partial charge in [-0.05, 0) is 29.8 Å². The Hall–Kier alpha value is -2.98. The number of piperazine rings is 1. The van der Waals surface area contributed by atoms with Crippen molar-refractivity contribution >= 4 is 17.6 Å². The molecule has 0 radical (unpaired) electrons. The second-order valence-electron chi connectivity index (χ2n) is 7.80. The van der Waals surface area contributed by atoms with Crippen LogP contribution in [0.5, 0.6) is 0 Å². The van der Waals surface area contributed by atoms with Crippen LogP contribution in [-0.4, -0.2) is 64.5 Å². The molecule has 1 amide bonds. The van der Waals surface area contributed by atoms with Crippen LogP contribution < -0.4 is 5.32 Å². The summed E-state index contributed by atoms with van der Waals surface area (Å²) >= 11 is 0. The molecule has 1 aliphatic heterocycles. The summed E-state index contributed by atoms with van der Waals surface area (Å²) in [5.41, 5.74) is 0.211. The van der Waals surface area contributed by atoms with Gasteiger partial charge in [-0.25, -0.2) is 0 Å². The Balaban J connectivity index is 1.49. The van der Waals surface area contributed by atoms with Crippen molar-refractivity contribution in [3.05, 3.63) is 59.9 Å². The number of rotatable bonds is 8. The van der Waals surface area contributed by atoms with Gasteiger partial charge in [0.05, 0.1) is 11.5 Å². The molecule has 1 aromatic carbocycles. The van der Waals surface area contributed by atoms with E-state index < -0.39 is 29.5 Å². The molecule has 172 valence electrons. The molecule has 10 heteroatoms. The van der Waals surface area contributed by atoms with Crippen LogP contribution in [0, 0.1) is 5.92 Å². The Morgan fingerprint density at radius 1 is 1.09 bits per heavy atom. The molecule has 7 nitrogen and oxygen atoms in total. The predicted octanol–water partition coefficient (Wildman–Crippen LogP) is 2.95. The number of pyridine rings is 1. The lowest BCUT2D eigenvalue weighted by molar-refractivity contribution is -0.144. The zero-order valence-corrected chi connectivity index (χ0v) is 17.4. The van der Waals surface area contributed by atoms with Gasteiger partial charge in [0.2, 0.25) is 5.91 Å². The van der Waals surface area contributed by atoms with Gasteiger partial charge in [-0.1, -0.05) is 12.1 Å². The largest absolute Gasteiger partial charge is 0.481 e. The molecule has 0 saturated carbocycles. The first kappa shape index (κ1) is 23.7. The smallest absolute Gasteiger partial charge is 0.416 e. The normalized spacial score (nSPS) is 16.5. The summed E-state index contributed by atoms with van der Waals surface area (Å²) in [6, 6.07) is 8.15. The van der Waals surface area contributed by atoms with Crippen molar-refractivity contribution < 1.29 is 27.9 Å². The van der Waals surface area contributed by atoms with E-state index >= 15 is 0 Å². The van der Waals surface area contributed by atoms with E-state index in [0.717, 1.165) is 37.3 Å². The number of aliphatic carboxylic acids is 1. The average molecular weight is 450 g/mol. The molecular formula is C22H25F3N4O3. The van der Waals surface area contributed by atoms with Crippen molar-refractivity contribution in [3.8, 4) is 0 Å². The molecule has 2 N–H and O–H groups in total. The van der Waals surface area contributed by atoms with E-state index in [1.54, 1.807) is 6.20 Å². The fourth-order valence-corrected chi connectivity index (χ4v) is 3.63. The van der Waals surface area contributed by atoms with Crippen LogP contribution in [0.3, 0.4) is 0 Å². The van der Waals surface area contributed by atoms with Crippen LogP contribution in [0.4, 0.5) is 18.9 Å². The van der Waals surface area contributed by atoms with Crippen LogP contribution in [0.1, 0.15) is 17.5 Å². The Kier molecular flexibility index (Phi) is 7.81. The van der Waals surface area contributed by atoms with Crippen molar-refractivity contribution in [2.45, 2.75) is 19.1 Å². The zero-order chi connectivity index (χ0) is 23.1. The third kappa shape index (κ3) is 7.03. The summed E-state index contributed by atoms with van der Waals surface area (Å²) < 4.78 is 38.5. The molecule has 32 heavy (non-hydrogen) atoms. The van der Waals surface area contributed by atoms with Gasteiger partial charge in [-0.15, -0.1) is 0 Å². The van der Waals surface area contributed by atoms with Crippen molar-refractivity contribution in [2.24, 2.45) is 5.92 Å². The summed E-state index contributed by atoms with van der Waals surface area (Å²) in [7, 11) is 0. The Bertz CT molecular complexity index is 916. The van der Waals surface area contributed by atoms with Gasteiger partial charge >= 0.3 is 12.1 Å². The number of nitrogens with one attached hydrogen (secondary N) is 1. The van der Waals surface area contributed by atoms with Crippen LogP contribution in [0.25, 0.3) is 0 Å². The summed E-state index contributed by atoms with van der Waals surface area (Å²) in [4.78, 5) is 32.3. The molecule has 3 rings (SSSR count). The van der Waals surface area contributed by atoms with Gasteiger partial charge in [-0.2, -0.15) is 13.2 Å². The number of carbonyl (C=O) groups excluding carboxylic acids is 1. The van der Waals surface area contributed by atoms with Gasteiger partial charge in [0.25, 0.3) is 0 Å². The Morgan fingerprint density at radius 3 is 2.44 bits per heavy atom.